The molecular weight excluding hydrogens is 340 g/mol. The molecule has 1 aromatic heterocycles. The van der Waals surface area contributed by atoms with E-state index in [1.807, 2.05) is 50.2 Å². The third-order valence-electron chi connectivity index (χ3n) is 4.35. The molecule has 0 aliphatic rings. The van der Waals surface area contributed by atoms with E-state index in [-0.39, 0.29) is 5.91 Å². The van der Waals surface area contributed by atoms with E-state index >= 15 is 0 Å². The van der Waals surface area contributed by atoms with E-state index < -0.39 is 0 Å². The number of carbonyl (C=O) groups is 1. The molecule has 3 rings (SSSR count). The van der Waals surface area contributed by atoms with Crippen LogP contribution in [0.2, 0.25) is 0 Å². The van der Waals surface area contributed by atoms with E-state index in [9.17, 15) is 4.79 Å². The lowest BCUT2D eigenvalue weighted by atomic mass is 10.1. The first kappa shape index (κ1) is 18.8. The van der Waals surface area contributed by atoms with Crippen molar-refractivity contribution in [3.8, 4) is 5.69 Å². The summed E-state index contributed by atoms with van der Waals surface area (Å²) in [6.07, 6.45) is 0. The van der Waals surface area contributed by atoms with E-state index in [0.717, 1.165) is 22.4 Å². The molecule has 27 heavy (non-hydrogen) atoms. The minimum atomic E-state index is -0.232. The Hall–Kier alpha value is -2.99. The molecule has 6 heteroatoms. The number of hydrogen-bond acceptors (Lipinski definition) is 4. The van der Waals surface area contributed by atoms with Crippen LogP contribution in [0, 0.1) is 20.8 Å². The van der Waals surface area contributed by atoms with Crippen LogP contribution in [-0.2, 0) is 17.9 Å². The number of nitrogens with zero attached hydrogens (tertiary/aromatic N) is 3. The Morgan fingerprint density at radius 2 is 1.74 bits per heavy atom. The van der Waals surface area contributed by atoms with Crippen molar-refractivity contribution in [3.05, 3.63) is 76.1 Å². The van der Waals surface area contributed by atoms with E-state index in [1.54, 1.807) is 14.0 Å². The van der Waals surface area contributed by atoms with Gasteiger partial charge in [0.05, 0.1) is 18.0 Å². The summed E-state index contributed by atoms with van der Waals surface area (Å²) in [5.74, 6) is -0.232. The second-order valence-corrected chi connectivity index (χ2v) is 6.65. The molecule has 0 bridgehead atoms. The second kappa shape index (κ2) is 8.14. The maximum absolute atomic E-state index is 12.5. The summed E-state index contributed by atoms with van der Waals surface area (Å²) in [4.78, 5) is 14.1. The molecule has 1 amide bonds. The largest absolute Gasteiger partial charge is 0.380 e. The Kier molecular flexibility index (Phi) is 5.66. The summed E-state index contributed by atoms with van der Waals surface area (Å²) in [7, 11) is 1.67. The fourth-order valence-corrected chi connectivity index (χ4v) is 2.91. The summed E-state index contributed by atoms with van der Waals surface area (Å²) in [5, 5.41) is 11.7. The minimum absolute atomic E-state index is 0.232. The summed E-state index contributed by atoms with van der Waals surface area (Å²) >= 11 is 0. The van der Waals surface area contributed by atoms with Gasteiger partial charge in [-0.05, 0) is 43.5 Å². The van der Waals surface area contributed by atoms with Crippen LogP contribution in [0.5, 0.6) is 0 Å². The molecular formula is C21H24N4O2. The normalized spacial score (nSPS) is 10.8. The smallest absolute Gasteiger partial charge is 0.274 e. The molecule has 3 aromatic rings. The Morgan fingerprint density at radius 1 is 1.04 bits per heavy atom. The molecule has 0 aliphatic carbocycles. The molecule has 6 nitrogen and oxygen atoms in total. The number of amides is 1. The molecule has 2 aromatic carbocycles. The summed E-state index contributed by atoms with van der Waals surface area (Å²) in [6, 6.07) is 14.0. The molecule has 0 saturated heterocycles. The maximum atomic E-state index is 12.5. The van der Waals surface area contributed by atoms with Gasteiger partial charge in [0.2, 0.25) is 0 Å². The van der Waals surface area contributed by atoms with Crippen molar-refractivity contribution in [2.24, 2.45) is 0 Å². The van der Waals surface area contributed by atoms with E-state index in [0.29, 0.717) is 24.5 Å². The predicted molar refractivity (Wildman–Crippen MR) is 104 cm³/mol. The monoisotopic (exact) mass is 364 g/mol. The van der Waals surface area contributed by atoms with Gasteiger partial charge in [-0.1, -0.05) is 42.0 Å². The topological polar surface area (TPSA) is 69.0 Å². The van der Waals surface area contributed by atoms with Gasteiger partial charge in [-0.15, -0.1) is 5.10 Å². The van der Waals surface area contributed by atoms with Gasteiger partial charge in [-0.2, -0.15) is 9.90 Å². The minimum Gasteiger partial charge on any atom is -0.380 e. The van der Waals surface area contributed by atoms with Crippen molar-refractivity contribution in [2.75, 3.05) is 7.11 Å². The number of methoxy groups -OCH3 is 1. The lowest BCUT2D eigenvalue weighted by Gasteiger charge is -2.06. The van der Waals surface area contributed by atoms with Crippen molar-refractivity contribution >= 4 is 5.91 Å². The summed E-state index contributed by atoms with van der Waals surface area (Å²) in [5.41, 5.74) is 6.16. The number of nitrogens with one attached hydrogen (secondary N) is 1. The molecule has 0 atom stereocenters. The second-order valence-electron chi connectivity index (χ2n) is 6.65. The highest BCUT2D eigenvalue weighted by Crippen LogP contribution is 2.15. The Labute approximate surface area is 159 Å². The van der Waals surface area contributed by atoms with Gasteiger partial charge in [0, 0.05) is 13.7 Å². The number of aromatic nitrogens is 3. The lowest BCUT2D eigenvalue weighted by molar-refractivity contribution is 0.0945. The Bertz CT molecular complexity index is 945. The first-order valence-electron chi connectivity index (χ1n) is 8.84. The van der Waals surface area contributed by atoms with Gasteiger partial charge in [-0.3, -0.25) is 4.79 Å². The molecule has 0 unspecified atom stereocenters. The fourth-order valence-electron chi connectivity index (χ4n) is 2.91. The Morgan fingerprint density at radius 3 is 2.41 bits per heavy atom. The molecule has 0 spiro atoms. The van der Waals surface area contributed by atoms with Crippen molar-refractivity contribution in [1.82, 2.24) is 20.3 Å². The quantitative estimate of drug-likeness (QED) is 0.729. The van der Waals surface area contributed by atoms with Crippen molar-refractivity contribution in [2.45, 2.75) is 33.9 Å². The van der Waals surface area contributed by atoms with E-state index in [1.165, 1.54) is 10.4 Å². The van der Waals surface area contributed by atoms with Crippen LogP contribution in [0.15, 0.2) is 42.5 Å². The fraction of sp³-hybridized carbons (Fsp3) is 0.286. The zero-order valence-electron chi connectivity index (χ0n) is 16.1. The molecule has 140 valence electrons. The van der Waals surface area contributed by atoms with Crippen molar-refractivity contribution in [3.63, 3.8) is 0 Å². The van der Waals surface area contributed by atoms with Crippen LogP contribution in [0.3, 0.4) is 0 Å². The predicted octanol–water partition coefficient (Wildman–Crippen LogP) is 3.27. The summed E-state index contributed by atoms with van der Waals surface area (Å²) < 4.78 is 5.10. The van der Waals surface area contributed by atoms with Crippen LogP contribution in [-0.4, -0.2) is 28.0 Å². The average Bonchev–Trinajstić information content (AvgIpc) is 3.02. The van der Waals surface area contributed by atoms with Crippen LogP contribution < -0.4 is 5.32 Å². The van der Waals surface area contributed by atoms with Gasteiger partial charge in [0.1, 0.15) is 0 Å². The van der Waals surface area contributed by atoms with Gasteiger partial charge in [0.15, 0.2) is 5.69 Å². The molecule has 0 fully saturated rings. The lowest BCUT2D eigenvalue weighted by Crippen LogP contribution is -2.24. The van der Waals surface area contributed by atoms with Gasteiger partial charge in [-0.25, -0.2) is 0 Å². The summed E-state index contributed by atoms with van der Waals surface area (Å²) in [6.45, 7) is 6.85. The number of ether oxygens (including phenoxy) is 1. The molecule has 1 heterocycles. The SMILES string of the molecule is COCc1ccc(CNC(=O)c2nn(-c3ccc(C)cc3C)nc2C)cc1. The van der Waals surface area contributed by atoms with Crippen LogP contribution >= 0.6 is 0 Å². The third-order valence-corrected chi connectivity index (χ3v) is 4.35. The average molecular weight is 364 g/mol. The van der Waals surface area contributed by atoms with Gasteiger partial charge >= 0.3 is 0 Å². The number of benzene rings is 2. The first-order valence-corrected chi connectivity index (χ1v) is 8.84. The number of carbonyl (C=O) groups excluding carboxylic acids is 1. The van der Waals surface area contributed by atoms with E-state index in [4.69, 9.17) is 4.74 Å². The molecule has 0 saturated carbocycles. The molecule has 0 radical (unpaired) electrons. The highest BCUT2D eigenvalue weighted by molar-refractivity contribution is 5.93. The Balaban J connectivity index is 1.71. The molecule has 0 aliphatic heterocycles. The van der Waals surface area contributed by atoms with Gasteiger partial charge in [0.25, 0.3) is 5.91 Å². The van der Waals surface area contributed by atoms with Crippen LogP contribution in [0.1, 0.15) is 38.4 Å². The first-order chi connectivity index (χ1) is 13.0. The number of rotatable bonds is 6. The number of hydrogen-bond donors (Lipinski definition) is 1. The zero-order valence-corrected chi connectivity index (χ0v) is 16.1. The van der Waals surface area contributed by atoms with Gasteiger partial charge < -0.3 is 10.1 Å². The van der Waals surface area contributed by atoms with E-state index in [2.05, 4.69) is 21.6 Å². The highest BCUT2D eigenvalue weighted by atomic mass is 16.5. The van der Waals surface area contributed by atoms with Crippen LogP contribution in [0.4, 0.5) is 0 Å². The maximum Gasteiger partial charge on any atom is 0.274 e. The van der Waals surface area contributed by atoms with Crippen LogP contribution in [0.25, 0.3) is 5.69 Å². The number of aryl methyl sites for hydroxylation is 3. The van der Waals surface area contributed by atoms with Crippen molar-refractivity contribution in [1.29, 1.82) is 0 Å². The van der Waals surface area contributed by atoms with Crippen molar-refractivity contribution < 1.29 is 9.53 Å². The molecule has 1 N–H and O–H groups in total. The standard InChI is InChI=1S/C21H24N4O2/c1-14-5-10-19(15(2)11-14)25-23-16(3)20(24-25)21(26)22-12-17-6-8-18(9-7-17)13-27-4/h5-11H,12-13H2,1-4H3,(H,22,26). The zero-order chi connectivity index (χ0) is 19.4. The third kappa shape index (κ3) is 4.41. The highest BCUT2D eigenvalue weighted by Gasteiger charge is 2.17.